The second kappa shape index (κ2) is 12.5. The van der Waals surface area contributed by atoms with Gasteiger partial charge in [-0.1, -0.05) is 26.8 Å². The lowest BCUT2D eigenvalue weighted by atomic mass is 10.1. The highest BCUT2D eigenvalue weighted by Crippen LogP contribution is 2.14. The van der Waals surface area contributed by atoms with Crippen molar-refractivity contribution in [3.05, 3.63) is 23.9 Å². The number of hydrogen-bond donors (Lipinski definition) is 2. The van der Waals surface area contributed by atoms with Crippen LogP contribution in [-0.4, -0.2) is 31.1 Å². The molecule has 0 aromatic carbocycles. The zero-order chi connectivity index (χ0) is 15.5. The monoisotopic (exact) mass is 420 g/mol. The Morgan fingerprint density at radius 3 is 2.77 bits per heavy atom. The van der Waals surface area contributed by atoms with Crippen LogP contribution >= 0.6 is 24.0 Å². The Morgan fingerprint density at radius 1 is 1.36 bits per heavy atom. The predicted molar refractivity (Wildman–Crippen MR) is 103 cm³/mol. The molecule has 0 aliphatic carbocycles. The van der Waals surface area contributed by atoms with E-state index in [9.17, 15) is 0 Å². The third-order valence-electron chi connectivity index (χ3n) is 2.98. The number of nitrogens with one attached hydrogen (secondary N) is 2. The minimum atomic E-state index is 0. The average molecular weight is 420 g/mol. The molecule has 0 fully saturated rings. The summed E-state index contributed by atoms with van der Waals surface area (Å²) in [7, 11) is 1.78. The summed E-state index contributed by atoms with van der Waals surface area (Å²) in [6.07, 6.45) is 3.85. The van der Waals surface area contributed by atoms with E-state index < -0.39 is 0 Å². The predicted octanol–water partition coefficient (Wildman–Crippen LogP) is 3.20. The second-order valence-corrected chi connectivity index (χ2v) is 5.35. The van der Waals surface area contributed by atoms with Gasteiger partial charge in [0.1, 0.15) is 0 Å². The van der Waals surface area contributed by atoms with E-state index in [1.165, 1.54) is 0 Å². The molecule has 0 saturated heterocycles. The molecule has 0 aliphatic heterocycles. The first kappa shape index (κ1) is 20.9. The fourth-order valence-electron chi connectivity index (χ4n) is 1.77. The van der Waals surface area contributed by atoms with Crippen molar-refractivity contribution in [2.24, 2.45) is 10.9 Å². The molecule has 0 atom stereocenters. The van der Waals surface area contributed by atoms with Gasteiger partial charge in [0, 0.05) is 31.9 Å². The van der Waals surface area contributed by atoms with E-state index >= 15 is 0 Å². The fourth-order valence-corrected chi connectivity index (χ4v) is 1.77. The number of aromatic nitrogens is 1. The Balaban J connectivity index is 0.00000441. The molecule has 0 amide bonds. The Morgan fingerprint density at radius 2 is 2.14 bits per heavy atom. The van der Waals surface area contributed by atoms with Crippen molar-refractivity contribution in [1.82, 2.24) is 15.6 Å². The van der Waals surface area contributed by atoms with Crippen molar-refractivity contribution in [1.29, 1.82) is 0 Å². The minimum Gasteiger partial charge on any atom is -0.477 e. The lowest BCUT2D eigenvalue weighted by molar-refractivity contribution is 0.301. The summed E-state index contributed by atoms with van der Waals surface area (Å²) in [5.74, 6) is 2.19. The van der Waals surface area contributed by atoms with Crippen LogP contribution in [0.3, 0.4) is 0 Å². The molecular formula is C16H29IN4O. The van der Waals surface area contributed by atoms with Crippen molar-refractivity contribution in [2.75, 3.05) is 20.2 Å². The van der Waals surface area contributed by atoms with Crippen LogP contribution in [0.15, 0.2) is 23.3 Å². The second-order valence-electron chi connectivity index (χ2n) is 5.35. The summed E-state index contributed by atoms with van der Waals surface area (Å²) in [5, 5.41) is 6.61. The van der Waals surface area contributed by atoms with Gasteiger partial charge < -0.3 is 15.4 Å². The lowest BCUT2D eigenvalue weighted by Crippen LogP contribution is -2.37. The number of halogens is 1. The van der Waals surface area contributed by atoms with Crippen LogP contribution in [-0.2, 0) is 6.54 Å². The highest BCUT2D eigenvalue weighted by molar-refractivity contribution is 14.0. The molecule has 5 nitrogen and oxygen atoms in total. The molecule has 1 aromatic rings. The van der Waals surface area contributed by atoms with Crippen LogP contribution in [0.25, 0.3) is 0 Å². The van der Waals surface area contributed by atoms with Gasteiger partial charge in [0.15, 0.2) is 5.96 Å². The molecule has 1 rings (SSSR count). The maximum atomic E-state index is 5.65. The zero-order valence-corrected chi connectivity index (χ0v) is 16.4. The third kappa shape index (κ3) is 8.41. The number of rotatable bonds is 8. The van der Waals surface area contributed by atoms with Gasteiger partial charge in [0.05, 0.1) is 6.61 Å². The Hall–Kier alpha value is -1.05. The standard InChI is InChI=1S/C16H28N4O.HI/c1-5-11-21-15-14(7-6-9-18-15)12-20-16(17-4)19-10-8-13(2)3;/h6-7,9,13H,5,8,10-12H2,1-4H3,(H2,17,19,20);1H. The van der Waals surface area contributed by atoms with Gasteiger partial charge in [-0.3, -0.25) is 4.99 Å². The van der Waals surface area contributed by atoms with Crippen LogP contribution in [0.5, 0.6) is 5.88 Å². The number of nitrogens with zero attached hydrogens (tertiary/aromatic N) is 2. The normalized spacial score (nSPS) is 11.0. The van der Waals surface area contributed by atoms with Gasteiger partial charge in [-0.15, -0.1) is 24.0 Å². The average Bonchev–Trinajstić information content (AvgIpc) is 2.49. The van der Waals surface area contributed by atoms with Crippen molar-refractivity contribution in [3.63, 3.8) is 0 Å². The van der Waals surface area contributed by atoms with E-state index in [0.29, 0.717) is 24.9 Å². The quantitative estimate of drug-likeness (QED) is 0.385. The smallest absolute Gasteiger partial charge is 0.218 e. The Labute approximate surface area is 151 Å². The van der Waals surface area contributed by atoms with E-state index in [0.717, 1.165) is 30.9 Å². The van der Waals surface area contributed by atoms with E-state index in [4.69, 9.17) is 4.74 Å². The number of guanidine groups is 1. The topological polar surface area (TPSA) is 58.5 Å². The number of aliphatic imine (C=N–C) groups is 1. The van der Waals surface area contributed by atoms with Crippen molar-refractivity contribution < 1.29 is 4.74 Å². The largest absolute Gasteiger partial charge is 0.477 e. The molecule has 126 valence electrons. The van der Waals surface area contributed by atoms with E-state index in [2.05, 4.69) is 41.4 Å². The molecule has 0 radical (unpaired) electrons. The van der Waals surface area contributed by atoms with Gasteiger partial charge >= 0.3 is 0 Å². The molecule has 1 aromatic heterocycles. The maximum Gasteiger partial charge on any atom is 0.218 e. The van der Waals surface area contributed by atoms with Crippen LogP contribution in [0, 0.1) is 5.92 Å². The molecule has 0 aliphatic rings. The summed E-state index contributed by atoms with van der Waals surface area (Å²) >= 11 is 0. The number of hydrogen-bond acceptors (Lipinski definition) is 3. The minimum absolute atomic E-state index is 0. The first-order chi connectivity index (χ1) is 10.2. The van der Waals surface area contributed by atoms with Crippen molar-refractivity contribution >= 4 is 29.9 Å². The molecule has 0 saturated carbocycles. The molecule has 22 heavy (non-hydrogen) atoms. The maximum absolute atomic E-state index is 5.65. The molecule has 0 bridgehead atoms. The zero-order valence-electron chi connectivity index (χ0n) is 14.1. The van der Waals surface area contributed by atoms with Gasteiger partial charge in [0.25, 0.3) is 0 Å². The molecule has 6 heteroatoms. The fraction of sp³-hybridized carbons (Fsp3) is 0.625. The van der Waals surface area contributed by atoms with Crippen LogP contribution in [0.4, 0.5) is 0 Å². The first-order valence-corrected chi connectivity index (χ1v) is 7.68. The first-order valence-electron chi connectivity index (χ1n) is 7.68. The van der Waals surface area contributed by atoms with E-state index in [1.54, 1.807) is 13.2 Å². The molecule has 0 unspecified atom stereocenters. The molecule has 0 spiro atoms. The summed E-state index contributed by atoms with van der Waals surface area (Å²) in [4.78, 5) is 8.51. The molecule has 1 heterocycles. The Bertz CT molecular complexity index is 438. The van der Waals surface area contributed by atoms with Gasteiger partial charge in [0.2, 0.25) is 5.88 Å². The lowest BCUT2D eigenvalue weighted by Gasteiger charge is -2.14. The van der Waals surface area contributed by atoms with Crippen LogP contribution < -0.4 is 15.4 Å². The Kier molecular flexibility index (Phi) is 11.9. The SMILES string of the molecule is CCCOc1ncccc1CNC(=NC)NCCC(C)C.I. The van der Waals surface area contributed by atoms with Crippen LogP contribution in [0.2, 0.25) is 0 Å². The highest BCUT2D eigenvalue weighted by Gasteiger charge is 2.05. The van der Waals surface area contributed by atoms with Gasteiger partial charge in [-0.25, -0.2) is 4.98 Å². The van der Waals surface area contributed by atoms with Gasteiger partial charge in [-0.2, -0.15) is 0 Å². The number of ether oxygens (including phenoxy) is 1. The summed E-state index contributed by atoms with van der Waals surface area (Å²) in [6, 6.07) is 3.94. The van der Waals surface area contributed by atoms with E-state index in [-0.39, 0.29) is 24.0 Å². The van der Waals surface area contributed by atoms with Crippen molar-refractivity contribution in [3.8, 4) is 5.88 Å². The summed E-state index contributed by atoms with van der Waals surface area (Å²) in [6.45, 7) is 8.76. The molecular weight excluding hydrogens is 391 g/mol. The van der Waals surface area contributed by atoms with E-state index in [1.807, 2.05) is 12.1 Å². The van der Waals surface area contributed by atoms with Crippen LogP contribution in [0.1, 0.15) is 39.2 Å². The van der Waals surface area contributed by atoms with Crippen molar-refractivity contribution in [2.45, 2.75) is 40.2 Å². The highest BCUT2D eigenvalue weighted by atomic mass is 127. The molecule has 2 N–H and O–H groups in total. The third-order valence-corrected chi connectivity index (χ3v) is 2.98. The summed E-state index contributed by atoms with van der Waals surface area (Å²) < 4.78 is 5.65. The van der Waals surface area contributed by atoms with Gasteiger partial charge in [-0.05, 0) is 24.8 Å². The summed E-state index contributed by atoms with van der Waals surface area (Å²) in [5.41, 5.74) is 1.04. The number of pyridine rings is 1.